The minimum Gasteiger partial charge on any atom is -0.349 e. The summed E-state index contributed by atoms with van der Waals surface area (Å²) in [4.78, 5) is 3.13. The van der Waals surface area contributed by atoms with Gasteiger partial charge in [0, 0.05) is 5.69 Å². The number of benzene rings is 1. The Hall–Kier alpha value is -1.92. The van der Waals surface area contributed by atoms with Gasteiger partial charge >= 0.3 is 0 Å². The Morgan fingerprint density at radius 2 is 2.00 bits per heavy atom. The molecule has 0 saturated heterocycles. The second kappa shape index (κ2) is 5.38. The summed E-state index contributed by atoms with van der Waals surface area (Å²) >= 11 is 5.19. The van der Waals surface area contributed by atoms with E-state index < -0.39 is 0 Å². The Balaban J connectivity index is 2.52. The zero-order chi connectivity index (χ0) is 14.0. The number of pyridine rings is 1. The minimum atomic E-state index is 0.533. The molecule has 96 valence electrons. The van der Waals surface area contributed by atoms with E-state index in [0.29, 0.717) is 10.2 Å². The van der Waals surface area contributed by atoms with E-state index in [2.05, 4.69) is 42.2 Å². The number of nitriles is 1. The summed E-state index contributed by atoms with van der Waals surface area (Å²) in [5.74, 6) is 0. The predicted octanol–water partition coefficient (Wildman–Crippen LogP) is 4.13. The van der Waals surface area contributed by atoms with Gasteiger partial charge < -0.3 is 4.98 Å². The molecule has 0 radical (unpaired) electrons. The molecule has 0 atom stereocenters. The van der Waals surface area contributed by atoms with Gasteiger partial charge in [-0.1, -0.05) is 42.0 Å². The van der Waals surface area contributed by atoms with Crippen molar-refractivity contribution < 1.29 is 0 Å². The van der Waals surface area contributed by atoms with Crippen LogP contribution in [0.1, 0.15) is 33.5 Å². The molecule has 1 heterocycles. The van der Waals surface area contributed by atoms with Crippen LogP contribution in [0.3, 0.4) is 0 Å². The number of H-pyrrole nitrogens is 1. The lowest BCUT2D eigenvalue weighted by atomic mass is 9.96. The molecule has 0 unspecified atom stereocenters. The molecule has 19 heavy (non-hydrogen) atoms. The first-order valence-corrected chi connectivity index (χ1v) is 6.61. The van der Waals surface area contributed by atoms with Gasteiger partial charge in [0.15, 0.2) is 0 Å². The Labute approximate surface area is 118 Å². The fourth-order valence-electron chi connectivity index (χ4n) is 2.34. The average molecular weight is 268 g/mol. The zero-order valence-electron chi connectivity index (χ0n) is 11.4. The van der Waals surface area contributed by atoms with E-state index in [1.54, 1.807) is 0 Å². The Bertz CT molecular complexity index is 721. The topological polar surface area (TPSA) is 39.6 Å². The molecule has 1 N–H and O–H groups in total. The number of rotatable bonds is 2. The third-order valence-electron chi connectivity index (χ3n) is 3.38. The highest BCUT2D eigenvalue weighted by molar-refractivity contribution is 7.71. The number of hydrogen-bond acceptors (Lipinski definition) is 2. The van der Waals surface area contributed by atoms with Crippen molar-refractivity contribution in [3.05, 3.63) is 62.4 Å². The molecule has 2 aromatic rings. The highest BCUT2D eigenvalue weighted by Gasteiger charge is 2.10. The van der Waals surface area contributed by atoms with Gasteiger partial charge in [0.05, 0.1) is 5.56 Å². The minimum absolute atomic E-state index is 0.533. The summed E-state index contributed by atoms with van der Waals surface area (Å²) in [7, 11) is 0. The molecule has 3 heteroatoms. The second-order valence-electron chi connectivity index (χ2n) is 4.84. The van der Waals surface area contributed by atoms with E-state index in [-0.39, 0.29) is 0 Å². The third kappa shape index (κ3) is 2.74. The molecule has 2 nitrogen and oxygen atoms in total. The highest BCUT2D eigenvalue weighted by atomic mass is 32.1. The molecule has 1 aromatic carbocycles. The van der Waals surface area contributed by atoms with Gasteiger partial charge in [0.1, 0.15) is 10.7 Å². The van der Waals surface area contributed by atoms with Crippen molar-refractivity contribution in [2.75, 3.05) is 0 Å². The molecule has 2 rings (SSSR count). The van der Waals surface area contributed by atoms with Gasteiger partial charge in [-0.2, -0.15) is 5.26 Å². The summed E-state index contributed by atoms with van der Waals surface area (Å²) in [6, 6.07) is 10.6. The van der Waals surface area contributed by atoms with E-state index in [9.17, 15) is 5.26 Å². The van der Waals surface area contributed by atoms with E-state index in [1.807, 2.05) is 13.8 Å². The lowest BCUT2D eigenvalue weighted by molar-refractivity contribution is 1.03. The molecule has 0 aliphatic carbocycles. The molecule has 0 spiro atoms. The predicted molar refractivity (Wildman–Crippen MR) is 79.8 cm³/mol. The van der Waals surface area contributed by atoms with E-state index >= 15 is 0 Å². The fourth-order valence-corrected chi connectivity index (χ4v) is 2.69. The van der Waals surface area contributed by atoms with Gasteiger partial charge in [0.25, 0.3) is 0 Å². The molecule has 0 aliphatic rings. The smallest absolute Gasteiger partial charge is 0.121 e. The van der Waals surface area contributed by atoms with Crippen LogP contribution in [0.2, 0.25) is 0 Å². The van der Waals surface area contributed by atoms with Crippen LogP contribution in [-0.4, -0.2) is 4.98 Å². The second-order valence-corrected chi connectivity index (χ2v) is 5.24. The number of aromatic nitrogens is 1. The lowest BCUT2D eigenvalue weighted by Crippen LogP contribution is -2.02. The number of nitrogens with one attached hydrogen (secondary N) is 1. The fraction of sp³-hybridized carbons (Fsp3) is 0.250. The maximum Gasteiger partial charge on any atom is 0.121 e. The normalized spacial score (nSPS) is 10.2. The van der Waals surface area contributed by atoms with Crippen molar-refractivity contribution in [2.24, 2.45) is 0 Å². The van der Waals surface area contributed by atoms with Crippen LogP contribution in [0.5, 0.6) is 0 Å². The largest absolute Gasteiger partial charge is 0.349 e. The summed E-state index contributed by atoms with van der Waals surface area (Å²) in [6.07, 6.45) is 0.820. The van der Waals surface area contributed by atoms with Gasteiger partial charge in [0.2, 0.25) is 0 Å². The van der Waals surface area contributed by atoms with Crippen LogP contribution in [-0.2, 0) is 6.42 Å². The maximum absolute atomic E-state index is 9.19. The molecule has 0 saturated carbocycles. The van der Waals surface area contributed by atoms with E-state index in [1.165, 1.54) is 11.1 Å². The molecule has 0 amide bonds. The van der Waals surface area contributed by atoms with E-state index in [4.69, 9.17) is 12.2 Å². The van der Waals surface area contributed by atoms with Crippen molar-refractivity contribution >= 4 is 12.2 Å². The molecule has 0 aliphatic heterocycles. The Morgan fingerprint density at radius 1 is 1.26 bits per heavy atom. The Morgan fingerprint density at radius 3 is 2.63 bits per heavy atom. The molecule has 0 bridgehead atoms. The Kier molecular flexibility index (Phi) is 3.82. The standard InChI is InChI=1S/C16H16N2S/c1-10-5-4-6-13(7-10)8-14-11(2)15(9-17)16(19)18-12(14)3/h4-7H,8H2,1-3H3,(H,18,19). The summed E-state index contributed by atoms with van der Waals surface area (Å²) in [6.45, 7) is 6.07. The van der Waals surface area contributed by atoms with Gasteiger partial charge in [-0.3, -0.25) is 0 Å². The monoisotopic (exact) mass is 268 g/mol. The summed E-state index contributed by atoms with van der Waals surface area (Å²) < 4.78 is 0.533. The van der Waals surface area contributed by atoms with Crippen molar-refractivity contribution in [3.8, 4) is 6.07 Å². The lowest BCUT2D eigenvalue weighted by Gasteiger charge is -2.12. The molecular weight excluding hydrogens is 252 g/mol. The highest BCUT2D eigenvalue weighted by Crippen LogP contribution is 2.20. The first kappa shape index (κ1) is 13.5. The van der Waals surface area contributed by atoms with Crippen LogP contribution in [0, 0.1) is 36.7 Å². The van der Waals surface area contributed by atoms with Crippen LogP contribution < -0.4 is 0 Å². The van der Waals surface area contributed by atoms with Crippen molar-refractivity contribution in [2.45, 2.75) is 27.2 Å². The van der Waals surface area contributed by atoms with Gasteiger partial charge in [-0.25, -0.2) is 0 Å². The first-order chi connectivity index (χ1) is 9.02. The third-order valence-corrected chi connectivity index (χ3v) is 3.69. The van der Waals surface area contributed by atoms with Gasteiger partial charge in [-0.15, -0.1) is 0 Å². The van der Waals surface area contributed by atoms with Crippen LogP contribution in [0.25, 0.3) is 0 Å². The van der Waals surface area contributed by atoms with Crippen LogP contribution in [0.15, 0.2) is 24.3 Å². The van der Waals surface area contributed by atoms with Crippen molar-refractivity contribution in [3.63, 3.8) is 0 Å². The molecule has 0 fully saturated rings. The van der Waals surface area contributed by atoms with Crippen molar-refractivity contribution in [1.82, 2.24) is 4.98 Å². The van der Waals surface area contributed by atoms with Crippen molar-refractivity contribution in [1.29, 1.82) is 5.26 Å². The number of nitrogens with zero attached hydrogens (tertiary/aromatic N) is 1. The molecular formula is C16H16N2S. The van der Waals surface area contributed by atoms with Crippen LogP contribution in [0.4, 0.5) is 0 Å². The molecule has 1 aromatic heterocycles. The summed E-state index contributed by atoms with van der Waals surface area (Å²) in [5.41, 5.74) is 6.28. The van der Waals surface area contributed by atoms with Crippen LogP contribution >= 0.6 is 12.2 Å². The number of aromatic amines is 1. The van der Waals surface area contributed by atoms with Gasteiger partial charge in [-0.05, 0) is 43.9 Å². The summed E-state index contributed by atoms with van der Waals surface area (Å²) in [5, 5.41) is 9.19. The quantitative estimate of drug-likeness (QED) is 0.832. The van der Waals surface area contributed by atoms with E-state index in [0.717, 1.165) is 23.2 Å². The zero-order valence-corrected chi connectivity index (χ0v) is 12.2. The average Bonchev–Trinajstić information content (AvgIpc) is 2.35. The SMILES string of the molecule is Cc1cccc(Cc2c(C)[nH]c(=S)c(C#N)c2C)c1. The number of hydrogen-bond donors (Lipinski definition) is 1. The maximum atomic E-state index is 9.19. The first-order valence-electron chi connectivity index (χ1n) is 6.21. The number of aryl methyl sites for hydroxylation is 2.